The van der Waals surface area contributed by atoms with Crippen molar-refractivity contribution in [1.29, 1.82) is 0 Å². The minimum absolute atomic E-state index is 0.590. The van der Waals surface area contributed by atoms with E-state index in [9.17, 15) is 0 Å². The van der Waals surface area contributed by atoms with Gasteiger partial charge in [0.2, 0.25) is 0 Å². The molecule has 0 aliphatic heterocycles. The molecule has 0 heterocycles. The third-order valence-electron chi connectivity index (χ3n) is 2.64. The Kier molecular flexibility index (Phi) is 9.06. The fourth-order valence-corrected chi connectivity index (χ4v) is 1.57. The average Bonchev–Trinajstić information content (AvgIpc) is 2.43. The molecule has 4 nitrogen and oxygen atoms in total. The number of ether oxygens (including phenoxy) is 3. The second-order valence-electron chi connectivity index (χ2n) is 4.37. The molecular formula is C15H25NO3. The van der Waals surface area contributed by atoms with E-state index in [2.05, 4.69) is 12.2 Å². The minimum atomic E-state index is 0.590. The van der Waals surface area contributed by atoms with E-state index in [1.54, 1.807) is 7.11 Å². The third kappa shape index (κ3) is 8.59. The normalized spacial score (nSPS) is 10.6. The summed E-state index contributed by atoms with van der Waals surface area (Å²) in [6.45, 7) is 6.63. The zero-order valence-electron chi connectivity index (χ0n) is 12.0. The van der Waals surface area contributed by atoms with E-state index in [1.165, 1.54) is 5.56 Å². The third-order valence-corrected chi connectivity index (χ3v) is 2.64. The molecule has 108 valence electrons. The maximum absolute atomic E-state index is 5.56. The highest BCUT2D eigenvalue weighted by molar-refractivity contribution is 5.26. The van der Waals surface area contributed by atoms with Crippen LogP contribution in [0.15, 0.2) is 24.3 Å². The van der Waals surface area contributed by atoms with Crippen molar-refractivity contribution in [3.8, 4) is 5.75 Å². The standard InChI is InChI=1S/C15H25NO3/c1-14-4-6-15(7-5-14)19-13-12-18-11-9-16-8-3-10-17-2/h4-7,16H,3,8-13H2,1-2H3. The predicted octanol–water partition coefficient (Wildman–Crippen LogP) is 2.02. The van der Waals surface area contributed by atoms with Crippen LogP contribution in [0.3, 0.4) is 0 Å². The first-order valence-corrected chi connectivity index (χ1v) is 6.80. The highest BCUT2D eigenvalue weighted by atomic mass is 16.5. The Balaban J connectivity index is 1.87. The summed E-state index contributed by atoms with van der Waals surface area (Å²) < 4.78 is 16.0. The molecular weight excluding hydrogens is 242 g/mol. The Morgan fingerprint density at radius 1 is 0.947 bits per heavy atom. The average molecular weight is 267 g/mol. The second kappa shape index (κ2) is 10.8. The number of hydrogen-bond acceptors (Lipinski definition) is 4. The Morgan fingerprint density at radius 2 is 1.74 bits per heavy atom. The van der Waals surface area contributed by atoms with E-state index < -0.39 is 0 Å². The van der Waals surface area contributed by atoms with Crippen molar-refractivity contribution in [2.24, 2.45) is 0 Å². The molecule has 19 heavy (non-hydrogen) atoms. The van der Waals surface area contributed by atoms with Crippen LogP contribution < -0.4 is 10.1 Å². The molecule has 0 aromatic heterocycles. The van der Waals surface area contributed by atoms with Crippen LogP contribution in [-0.4, -0.2) is 46.6 Å². The summed E-state index contributed by atoms with van der Waals surface area (Å²) in [6.07, 6.45) is 1.03. The van der Waals surface area contributed by atoms with Gasteiger partial charge in [0.15, 0.2) is 0 Å². The molecule has 0 spiro atoms. The lowest BCUT2D eigenvalue weighted by Gasteiger charge is -2.08. The van der Waals surface area contributed by atoms with Crippen molar-refractivity contribution >= 4 is 0 Å². The maximum atomic E-state index is 5.56. The zero-order valence-corrected chi connectivity index (χ0v) is 12.0. The smallest absolute Gasteiger partial charge is 0.119 e. The van der Waals surface area contributed by atoms with Gasteiger partial charge in [-0.2, -0.15) is 0 Å². The number of nitrogens with one attached hydrogen (secondary N) is 1. The van der Waals surface area contributed by atoms with Crippen molar-refractivity contribution in [2.45, 2.75) is 13.3 Å². The molecule has 0 bridgehead atoms. The monoisotopic (exact) mass is 267 g/mol. The lowest BCUT2D eigenvalue weighted by Crippen LogP contribution is -2.22. The van der Waals surface area contributed by atoms with Gasteiger partial charge in [0, 0.05) is 20.3 Å². The molecule has 0 aliphatic rings. The van der Waals surface area contributed by atoms with Crippen LogP contribution in [0.4, 0.5) is 0 Å². The number of hydrogen-bond donors (Lipinski definition) is 1. The van der Waals surface area contributed by atoms with Gasteiger partial charge in [-0.05, 0) is 32.0 Å². The van der Waals surface area contributed by atoms with E-state index in [4.69, 9.17) is 14.2 Å². The molecule has 0 amide bonds. The van der Waals surface area contributed by atoms with Crippen LogP contribution in [0.5, 0.6) is 5.75 Å². The molecule has 0 unspecified atom stereocenters. The number of aryl methyl sites for hydroxylation is 1. The van der Waals surface area contributed by atoms with Crippen molar-refractivity contribution in [3.05, 3.63) is 29.8 Å². The highest BCUT2D eigenvalue weighted by Gasteiger charge is 1.94. The SMILES string of the molecule is COCCCNCCOCCOc1ccc(C)cc1. The first-order valence-electron chi connectivity index (χ1n) is 6.80. The zero-order chi connectivity index (χ0) is 13.8. The van der Waals surface area contributed by atoms with Gasteiger partial charge in [0.25, 0.3) is 0 Å². The summed E-state index contributed by atoms with van der Waals surface area (Å²) in [4.78, 5) is 0. The van der Waals surface area contributed by atoms with Gasteiger partial charge in [0.1, 0.15) is 12.4 Å². The van der Waals surface area contributed by atoms with Crippen LogP contribution in [-0.2, 0) is 9.47 Å². The molecule has 0 atom stereocenters. The summed E-state index contributed by atoms with van der Waals surface area (Å²) >= 11 is 0. The quantitative estimate of drug-likeness (QED) is 0.623. The molecule has 0 fully saturated rings. The van der Waals surface area contributed by atoms with E-state index in [-0.39, 0.29) is 0 Å². The topological polar surface area (TPSA) is 39.7 Å². The van der Waals surface area contributed by atoms with Gasteiger partial charge in [-0.3, -0.25) is 0 Å². The Morgan fingerprint density at radius 3 is 2.47 bits per heavy atom. The van der Waals surface area contributed by atoms with E-state index in [0.717, 1.165) is 31.9 Å². The predicted molar refractivity (Wildman–Crippen MR) is 76.9 cm³/mol. The number of rotatable bonds is 11. The van der Waals surface area contributed by atoms with Gasteiger partial charge in [-0.1, -0.05) is 17.7 Å². The van der Waals surface area contributed by atoms with Crippen LogP contribution in [0.1, 0.15) is 12.0 Å². The molecule has 1 N–H and O–H groups in total. The van der Waals surface area contributed by atoms with E-state index >= 15 is 0 Å². The van der Waals surface area contributed by atoms with Crippen LogP contribution in [0.2, 0.25) is 0 Å². The Bertz CT molecular complexity index is 314. The van der Waals surface area contributed by atoms with Crippen molar-refractivity contribution in [3.63, 3.8) is 0 Å². The lowest BCUT2D eigenvalue weighted by molar-refractivity contribution is 0.101. The fraction of sp³-hybridized carbons (Fsp3) is 0.600. The summed E-state index contributed by atoms with van der Waals surface area (Å²) in [5.74, 6) is 0.895. The molecule has 1 aromatic carbocycles. The number of methoxy groups -OCH3 is 1. The molecule has 0 aliphatic carbocycles. The van der Waals surface area contributed by atoms with Crippen LogP contribution in [0, 0.1) is 6.92 Å². The molecule has 0 saturated heterocycles. The van der Waals surface area contributed by atoms with Gasteiger partial charge < -0.3 is 19.5 Å². The molecule has 1 aromatic rings. The van der Waals surface area contributed by atoms with Crippen molar-refractivity contribution in [2.75, 3.05) is 46.6 Å². The summed E-state index contributed by atoms with van der Waals surface area (Å²) in [5.41, 5.74) is 1.24. The van der Waals surface area contributed by atoms with E-state index in [0.29, 0.717) is 19.8 Å². The summed E-state index contributed by atoms with van der Waals surface area (Å²) in [5, 5.41) is 3.29. The fourth-order valence-electron chi connectivity index (χ4n) is 1.57. The van der Waals surface area contributed by atoms with Crippen molar-refractivity contribution < 1.29 is 14.2 Å². The molecule has 1 rings (SSSR count). The van der Waals surface area contributed by atoms with E-state index in [1.807, 2.05) is 24.3 Å². The summed E-state index contributed by atoms with van der Waals surface area (Å²) in [7, 11) is 1.72. The van der Waals surface area contributed by atoms with Crippen LogP contribution in [0.25, 0.3) is 0 Å². The molecule has 4 heteroatoms. The molecule has 0 saturated carbocycles. The molecule has 0 radical (unpaired) electrons. The van der Waals surface area contributed by atoms with Gasteiger partial charge in [0.05, 0.1) is 13.2 Å². The first-order chi connectivity index (χ1) is 9.33. The second-order valence-corrected chi connectivity index (χ2v) is 4.37. The lowest BCUT2D eigenvalue weighted by atomic mass is 10.2. The Labute approximate surface area is 116 Å². The number of benzene rings is 1. The van der Waals surface area contributed by atoms with Gasteiger partial charge in [-0.25, -0.2) is 0 Å². The van der Waals surface area contributed by atoms with Gasteiger partial charge >= 0.3 is 0 Å². The minimum Gasteiger partial charge on any atom is -0.491 e. The Hall–Kier alpha value is -1.10. The first kappa shape index (κ1) is 16.0. The largest absolute Gasteiger partial charge is 0.491 e. The van der Waals surface area contributed by atoms with Gasteiger partial charge in [-0.15, -0.1) is 0 Å². The van der Waals surface area contributed by atoms with Crippen LogP contribution >= 0.6 is 0 Å². The highest BCUT2D eigenvalue weighted by Crippen LogP contribution is 2.10. The van der Waals surface area contributed by atoms with Crippen molar-refractivity contribution in [1.82, 2.24) is 5.32 Å². The maximum Gasteiger partial charge on any atom is 0.119 e. The summed E-state index contributed by atoms with van der Waals surface area (Å²) in [6, 6.07) is 8.04.